The van der Waals surface area contributed by atoms with Crippen LogP contribution in [-0.2, 0) is 4.79 Å². The Balaban J connectivity index is 2.23. The van der Waals surface area contributed by atoms with E-state index in [-0.39, 0.29) is 12.1 Å². The zero-order chi connectivity index (χ0) is 13.7. The van der Waals surface area contributed by atoms with E-state index in [2.05, 4.69) is 22.6 Å². The molecule has 2 amide bonds. The molecule has 0 aliphatic carbocycles. The van der Waals surface area contributed by atoms with E-state index in [1.807, 2.05) is 0 Å². The van der Waals surface area contributed by atoms with Gasteiger partial charge in [0.2, 0.25) is 0 Å². The molecule has 0 spiro atoms. The Bertz CT molecular complexity index is 309. The molecule has 1 aliphatic heterocycles. The van der Waals surface area contributed by atoms with Crippen molar-refractivity contribution in [3.8, 4) is 0 Å². The summed E-state index contributed by atoms with van der Waals surface area (Å²) >= 11 is 0. The number of rotatable bonds is 5. The number of carbonyl (C=O) groups is 2. The van der Waals surface area contributed by atoms with Gasteiger partial charge in [-0.15, -0.1) is 0 Å². The summed E-state index contributed by atoms with van der Waals surface area (Å²) in [6.45, 7) is 5.99. The first-order chi connectivity index (χ1) is 8.40. The monoisotopic (exact) mass is 257 g/mol. The summed E-state index contributed by atoms with van der Waals surface area (Å²) in [5, 5.41) is 14.3. The van der Waals surface area contributed by atoms with Crippen LogP contribution in [0.3, 0.4) is 0 Å². The lowest BCUT2D eigenvalue weighted by Crippen LogP contribution is -2.46. The minimum absolute atomic E-state index is 0.287. The molecule has 1 fully saturated rings. The van der Waals surface area contributed by atoms with Crippen LogP contribution < -0.4 is 10.6 Å². The average molecular weight is 257 g/mol. The zero-order valence-corrected chi connectivity index (χ0v) is 11.3. The number of likely N-dealkylation sites (tertiary alicyclic amines) is 1. The Hall–Kier alpha value is -1.30. The molecule has 0 aromatic rings. The summed E-state index contributed by atoms with van der Waals surface area (Å²) in [5.74, 6) is -0.999. The number of aliphatic carboxylic acids is 1. The van der Waals surface area contributed by atoms with E-state index in [9.17, 15) is 9.59 Å². The predicted molar refractivity (Wildman–Crippen MR) is 68.4 cm³/mol. The Morgan fingerprint density at radius 2 is 2.11 bits per heavy atom. The molecule has 0 aromatic carbocycles. The van der Waals surface area contributed by atoms with Crippen LogP contribution in [0, 0.1) is 11.8 Å². The third kappa shape index (κ3) is 4.52. The second-order valence-electron chi connectivity index (χ2n) is 5.19. The summed E-state index contributed by atoms with van der Waals surface area (Å²) in [7, 11) is 2.07. The minimum Gasteiger partial charge on any atom is -0.481 e. The first-order valence-electron chi connectivity index (χ1n) is 6.36. The molecule has 1 aliphatic rings. The summed E-state index contributed by atoms with van der Waals surface area (Å²) in [6.07, 6.45) is 1.10. The van der Waals surface area contributed by atoms with Crippen molar-refractivity contribution in [2.45, 2.75) is 26.3 Å². The molecule has 3 atom stereocenters. The Labute approximate surface area is 108 Å². The van der Waals surface area contributed by atoms with Gasteiger partial charge in [0, 0.05) is 19.1 Å². The molecular formula is C12H23N3O3. The molecule has 1 rings (SSSR count). The number of nitrogens with zero attached hydrogens (tertiary/aromatic N) is 1. The molecule has 0 bridgehead atoms. The normalized spacial score (nSPS) is 23.4. The van der Waals surface area contributed by atoms with Crippen LogP contribution >= 0.6 is 0 Å². The van der Waals surface area contributed by atoms with E-state index < -0.39 is 11.9 Å². The van der Waals surface area contributed by atoms with Gasteiger partial charge < -0.3 is 20.6 Å². The molecule has 104 valence electrons. The molecule has 3 N–H and O–H groups in total. The maximum Gasteiger partial charge on any atom is 0.315 e. The van der Waals surface area contributed by atoms with Crippen LogP contribution in [0.15, 0.2) is 0 Å². The van der Waals surface area contributed by atoms with E-state index in [0.717, 1.165) is 19.5 Å². The average Bonchev–Trinajstić information content (AvgIpc) is 2.71. The van der Waals surface area contributed by atoms with Crippen LogP contribution in [-0.4, -0.2) is 54.7 Å². The largest absolute Gasteiger partial charge is 0.481 e. The Morgan fingerprint density at radius 3 is 2.61 bits per heavy atom. The fraction of sp³-hybridized carbons (Fsp3) is 0.833. The number of amides is 2. The van der Waals surface area contributed by atoms with Gasteiger partial charge in [0.15, 0.2) is 0 Å². The van der Waals surface area contributed by atoms with Gasteiger partial charge in [0.05, 0.1) is 5.92 Å². The molecule has 18 heavy (non-hydrogen) atoms. The predicted octanol–water partition coefficient (Wildman–Crippen LogP) is 0.347. The first-order valence-corrected chi connectivity index (χ1v) is 6.36. The molecule has 3 unspecified atom stereocenters. The molecular weight excluding hydrogens is 234 g/mol. The van der Waals surface area contributed by atoms with Crippen molar-refractivity contribution in [2.75, 3.05) is 26.7 Å². The van der Waals surface area contributed by atoms with Crippen LogP contribution in [0.4, 0.5) is 4.79 Å². The standard InChI is InChI=1S/C12H23N3O3/c1-8(11(16)17)9(2)14-12(18)13-6-10-4-5-15(3)7-10/h8-10H,4-7H2,1-3H3,(H,16,17)(H2,13,14,18). The summed E-state index contributed by atoms with van der Waals surface area (Å²) < 4.78 is 0. The molecule has 0 saturated carbocycles. The minimum atomic E-state index is -0.903. The lowest BCUT2D eigenvalue weighted by atomic mass is 10.0. The van der Waals surface area contributed by atoms with Gasteiger partial charge in [-0.3, -0.25) is 4.79 Å². The molecule has 1 saturated heterocycles. The van der Waals surface area contributed by atoms with Crippen molar-refractivity contribution in [2.24, 2.45) is 11.8 Å². The van der Waals surface area contributed by atoms with E-state index in [1.165, 1.54) is 0 Å². The van der Waals surface area contributed by atoms with Gasteiger partial charge in [-0.1, -0.05) is 0 Å². The zero-order valence-electron chi connectivity index (χ0n) is 11.3. The molecule has 1 heterocycles. The van der Waals surface area contributed by atoms with Crippen molar-refractivity contribution < 1.29 is 14.7 Å². The van der Waals surface area contributed by atoms with Crippen molar-refractivity contribution >= 4 is 12.0 Å². The first kappa shape index (κ1) is 14.8. The van der Waals surface area contributed by atoms with E-state index in [1.54, 1.807) is 13.8 Å². The second kappa shape index (κ2) is 6.58. The highest BCUT2D eigenvalue weighted by Crippen LogP contribution is 2.12. The van der Waals surface area contributed by atoms with Crippen LogP contribution in [0.2, 0.25) is 0 Å². The van der Waals surface area contributed by atoms with Crippen molar-refractivity contribution in [1.82, 2.24) is 15.5 Å². The fourth-order valence-electron chi connectivity index (χ4n) is 2.03. The third-order valence-electron chi connectivity index (χ3n) is 3.54. The highest BCUT2D eigenvalue weighted by Gasteiger charge is 2.22. The van der Waals surface area contributed by atoms with Gasteiger partial charge >= 0.3 is 12.0 Å². The second-order valence-corrected chi connectivity index (χ2v) is 5.19. The summed E-state index contributed by atoms with van der Waals surface area (Å²) in [4.78, 5) is 24.6. The number of hydrogen-bond donors (Lipinski definition) is 3. The smallest absolute Gasteiger partial charge is 0.315 e. The topological polar surface area (TPSA) is 81.7 Å². The third-order valence-corrected chi connectivity index (χ3v) is 3.54. The van der Waals surface area contributed by atoms with Gasteiger partial charge in [-0.25, -0.2) is 4.79 Å². The fourth-order valence-corrected chi connectivity index (χ4v) is 2.03. The lowest BCUT2D eigenvalue weighted by Gasteiger charge is -2.19. The molecule has 0 aromatic heterocycles. The van der Waals surface area contributed by atoms with Crippen LogP contribution in [0.25, 0.3) is 0 Å². The van der Waals surface area contributed by atoms with Crippen molar-refractivity contribution in [1.29, 1.82) is 0 Å². The Kier molecular flexibility index (Phi) is 5.40. The van der Waals surface area contributed by atoms with E-state index in [4.69, 9.17) is 5.11 Å². The molecule has 6 nitrogen and oxygen atoms in total. The number of carboxylic acids is 1. The quantitative estimate of drug-likeness (QED) is 0.663. The highest BCUT2D eigenvalue weighted by molar-refractivity contribution is 5.76. The molecule has 6 heteroatoms. The van der Waals surface area contributed by atoms with Crippen LogP contribution in [0.5, 0.6) is 0 Å². The SMILES string of the molecule is CC(NC(=O)NCC1CCN(C)C1)C(C)C(=O)O. The van der Waals surface area contributed by atoms with E-state index >= 15 is 0 Å². The molecule has 0 radical (unpaired) electrons. The van der Waals surface area contributed by atoms with Gasteiger partial charge in [-0.05, 0) is 39.8 Å². The number of carbonyl (C=O) groups excluding carboxylic acids is 1. The number of carboxylic acid groups (broad SMARTS) is 1. The summed E-state index contributed by atoms with van der Waals surface area (Å²) in [5.41, 5.74) is 0. The van der Waals surface area contributed by atoms with Gasteiger partial charge in [-0.2, -0.15) is 0 Å². The maximum atomic E-state index is 11.6. The van der Waals surface area contributed by atoms with E-state index in [0.29, 0.717) is 12.5 Å². The maximum absolute atomic E-state index is 11.6. The number of hydrogen-bond acceptors (Lipinski definition) is 3. The highest BCUT2D eigenvalue weighted by atomic mass is 16.4. The van der Waals surface area contributed by atoms with Gasteiger partial charge in [0.1, 0.15) is 0 Å². The number of urea groups is 1. The number of nitrogens with one attached hydrogen (secondary N) is 2. The van der Waals surface area contributed by atoms with Crippen molar-refractivity contribution in [3.05, 3.63) is 0 Å². The van der Waals surface area contributed by atoms with Crippen molar-refractivity contribution in [3.63, 3.8) is 0 Å². The van der Waals surface area contributed by atoms with Gasteiger partial charge in [0.25, 0.3) is 0 Å². The summed E-state index contributed by atoms with van der Waals surface area (Å²) in [6, 6.07) is -0.668. The lowest BCUT2D eigenvalue weighted by molar-refractivity contribution is -0.141. The Morgan fingerprint density at radius 1 is 1.44 bits per heavy atom. The van der Waals surface area contributed by atoms with Crippen LogP contribution in [0.1, 0.15) is 20.3 Å².